The number of hydrogen-bond acceptors (Lipinski definition) is 4. The summed E-state index contributed by atoms with van der Waals surface area (Å²) in [6, 6.07) is 0. The van der Waals surface area contributed by atoms with Crippen LogP contribution in [0.25, 0.3) is 0 Å². The van der Waals surface area contributed by atoms with E-state index in [0.717, 1.165) is 12.0 Å². The highest BCUT2D eigenvalue weighted by atomic mass is 16.5. The molecule has 0 aromatic carbocycles. The lowest BCUT2D eigenvalue weighted by Crippen LogP contribution is -2.27. The van der Waals surface area contributed by atoms with Gasteiger partial charge >= 0.3 is 0 Å². The van der Waals surface area contributed by atoms with Gasteiger partial charge in [0.2, 0.25) is 0 Å². The third-order valence-corrected chi connectivity index (χ3v) is 3.50. The van der Waals surface area contributed by atoms with Gasteiger partial charge in [0, 0.05) is 19.3 Å². The first-order valence-electron chi connectivity index (χ1n) is 6.38. The Kier molecular flexibility index (Phi) is 3.97. The van der Waals surface area contributed by atoms with E-state index in [4.69, 9.17) is 4.74 Å². The SMILES string of the molecule is CCC(=O)C1=C(O)CC(C2=CCCOC2)CC1=O. The van der Waals surface area contributed by atoms with Crippen molar-refractivity contribution in [3.05, 3.63) is 23.0 Å². The van der Waals surface area contributed by atoms with Gasteiger partial charge < -0.3 is 9.84 Å². The minimum atomic E-state index is -0.259. The van der Waals surface area contributed by atoms with E-state index in [9.17, 15) is 14.7 Å². The van der Waals surface area contributed by atoms with Crippen LogP contribution >= 0.6 is 0 Å². The molecule has 0 amide bonds. The number of rotatable bonds is 3. The second-order valence-electron chi connectivity index (χ2n) is 4.75. The van der Waals surface area contributed by atoms with Crippen molar-refractivity contribution < 1.29 is 19.4 Å². The average molecular weight is 250 g/mol. The summed E-state index contributed by atoms with van der Waals surface area (Å²) in [5.74, 6) is -0.548. The maximum atomic E-state index is 12.0. The highest BCUT2D eigenvalue weighted by molar-refractivity contribution is 6.21. The molecule has 4 heteroatoms. The Hall–Kier alpha value is -1.42. The van der Waals surface area contributed by atoms with Crippen LogP contribution in [0, 0.1) is 5.92 Å². The van der Waals surface area contributed by atoms with Gasteiger partial charge in [0.25, 0.3) is 0 Å². The molecule has 1 heterocycles. The number of ether oxygens (including phenoxy) is 1. The van der Waals surface area contributed by atoms with Crippen molar-refractivity contribution in [2.45, 2.75) is 32.6 Å². The molecule has 0 aromatic heterocycles. The molecule has 18 heavy (non-hydrogen) atoms. The second-order valence-corrected chi connectivity index (χ2v) is 4.75. The van der Waals surface area contributed by atoms with Gasteiger partial charge in [-0.2, -0.15) is 0 Å². The van der Waals surface area contributed by atoms with E-state index in [1.807, 2.05) is 0 Å². The molecule has 0 bridgehead atoms. The van der Waals surface area contributed by atoms with Gasteiger partial charge in [-0.3, -0.25) is 9.59 Å². The third kappa shape index (κ3) is 2.53. The fourth-order valence-electron chi connectivity index (χ4n) is 2.51. The zero-order valence-electron chi connectivity index (χ0n) is 10.6. The van der Waals surface area contributed by atoms with E-state index < -0.39 is 0 Å². The summed E-state index contributed by atoms with van der Waals surface area (Å²) < 4.78 is 5.36. The number of aliphatic hydroxyl groups is 1. The van der Waals surface area contributed by atoms with Crippen molar-refractivity contribution in [2.75, 3.05) is 13.2 Å². The van der Waals surface area contributed by atoms with Gasteiger partial charge in [-0.1, -0.05) is 13.0 Å². The van der Waals surface area contributed by atoms with E-state index in [-0.39, 0.29) is 35.2 Å². The maximum Gasteiger partial charge on any atom is 0.170 e. The molecule has 0 spiro atoms. The number of carbonyl (C=O) groups is 2. The molecule has 2 rings (SSSR count). The van der Waals surface area contributed by atoms with E-state index in [1.165, 1.54) is 0 Å². The first kappa shape index (κ1) is 13.0. The lowest BCUT2D eigenvalue weighted by Gasteiger charge is -2.26. The summed E-state index contributed by atoms with van der Waals surface area (Å²) in [7, 11) is 0. The molecule has 4 nitrogen and oxygen atoms in total. The summed E-state index contributed by atoms with van der Waals surface area (Å²) in [5, 5.41) is 9.91. The third-order valence-electron chi connectivity index (χ3n) is 3.50. The molecule has 1 aliphatic carbocycles. The summed E-state index contributed by atoms with van der Waals surface area (Å²) in [6.07, 6.45) is 3.87. The molecule has 0 saturated heterocycles. The van der Waals surface area contributed by atoms with Gasteiger partial charge in [0.15, 0.2) is 11.6 Å². The van der Waals surface area contributed by atoms with E-state index in [0.29, 0.717) is 26.1 Å². The van der Waals surface area contributed by atoms with Crippen LogP contribution in [0.1, 0.15) is 32.6 Å². The number of hydrogen-bond donors (Lipinski definition) is 1. The van der Waals surface area contributed by atoms with Crippen LogP contribution in [0.2, 0.25) is 0 Å². The lowest BCUT2D eigenvalue weighted by molar-refractivity contribution is -0.122. The van der Waals surface area contributed by atoms with Crippen LogP contribution in [-0.2, 0) is 14.3 Å². The molecule has 1 N–H and O–H groups in total. The van der Waals surface area contributed by atoms with Crippen LogP contribution in [0.3, 0.4) is 0 Å². The fourth-order valence-corrected chi connectivity index (χ4v) is 2.51. The number of Topliss-reactive ketones (excluding diaryl/α,β-unsaturated/α-hetero) is 2. The first-order chi connectivity index (χ1) is 8.63. The van der Waals surface area contributed by atoms with Crippen LogP contribution in [-0.4, -0.2) is 29.9 Å². The zero-order chi connectivity index (χ0) is 13.1. The molecule has 1 aliphatic heterocycles. The monoisotopic (exact) mass is 250 g/mol. The van der Waals surface area contributed by atoms with E-state index in [1.54, 1.807) is 6.92 Å². The number of ketones is 2. The molecule has 1 atom stereocenters. The highest BCUT2D eigenvalue weighted by Gasteiger charge is 2.32. The molecule has 0 saturated carbocycles. The summed E-state index contributed by atoms with van der Waals surface area (Å²) in [5.41, 5.74) is 1.09. The Balaban J connectivity index is 2.18. The predicted molar refractivity (Wildman–Crippen MR) is 66.2 cm³/mol. The molecular weight excluding hydrogens is 232 g/mol. The topological polar surface area (TPSA) is 63.6 Å². The molecular formula is C14H18O4. The van der Waals surface area contributed by atoms with Crippen LogP contribution < -0.4 is 0 Å². The minimum absolute atomic E-state index is 0.00814. The van der Waals surface area contributed by atoms with Gasteiger partial charge in [-0.05, 0) is 17.9 Å². The Morgan fingerprint density at radius 2 is 2.28 bits per heavy atom. The molecule has 0 radical (unpaired) electrons. The van der Waals surface area contributed by atoms with E-state index in [2.05, 4.69) is 6.08 Å². The Morgan fingerprint density at radius 1 is 1.50 bits per heavy atom. The summed E-state index contributed by atoms with van der Waals surface area (Å²) in [4.78, 5) is 23.5. The number of allylic oxidation sites excluding steroid dienone is 2. The van der Waals surface area contributed by atoms with Crippen molar-refractivity contribution in [2.24, 2.45) is 5.92 Å². The highest BCUT2D eigenvalue weighted by Crippen LogP contribution is 2.32. The first-order valence-corrected chi connectivity index (χ1v) is 6.38. The smallest absolute Gasteiger partial charge is 0.170 e. The quantitative estimate of drug-likeness (QED) is 0.615. The van der Waals surface area contributed by atoms with Gasteiger partial charge in [-0.15, -0.1) is 0 Å². The summed E-state index contributed by atoms with van der Waals surface area (Å²) in [6.45, 7) is 2.94. The standard InChI is InChI=1S/C14H18O4/c1-2-11(15)14-12(16)6-10(7-13(14)17)9-4-3-5-18-8-9/h4,10,16H,2-3,5-8H2,1H3. The van der Waals surface area contributed by atoms with Gasteiger partial charge in [0.05, 0.1) is 18.8 Å². The Labute approximate surface area is 106 Å². The Morgan fingerprint density at radius 3 is 2.83 bits per heavy atom. The fraction of sp³-hybridized carbons (Fsp3) is 0.571. The summed E-state index contributed by atoms with van der Waals surface area (Å²) >= 11 is 0. The molecule has 0 aromatic rings. The van der Waals surface area contributed by atoms with Crippen molar-refractivity contribution in [1.82, 2.24) is 0 Å². The van der Waals surface area contributed by atoms with Crippen molar-refractivity contribution in [3.63, 3.8) is 0 Å². The van der Waals surface area contributed by atoms with Crippen LogP contribution in [0.15, 0.2) is 23.0 Å². The van der Waals surface area contributed by atoms with Crippen molar-refractivity contribution >= 4 is 11.6 Å². The molecule has 2 aliphatic rings. The second kappa shape index (κ2) is 5.48. The predicted octanol–water partition coefficient (Wildman–Crippen LogP) is 2.10. The van der Waals surface area contributed by atoms with Crippen LogP contribution in [0.5, 0.6) is 0 Å². The average Bonchev–Trinajstić information content (AvgIpc) is 2.38. The van der Waals surface area contributed by atoms with Crippen LogP contribution in [0.4, 0.5) is 0 Å². The lowest BCUT2D eigenvalue weighted by atomic mass is 9.80. The van der Waals surface area contributed by atoms with Crippen molar-refractivity contribution in [1.29, 1.82) is 0 Å². The zero-order valence-corrected chi connectivity index (χ0v) is 10.6. The van der Waals surface area contributed by atoms with Crippen molar-refractivity contribution in [3.8, 4) is 0 Å². The normalized spacial score (nSPS) is 25.1. The molecule has 1 unspecified atom stereocenters. The number of carbonyl (C=O) groups excluding carboxylic acids is 2. The molecule has 98 valence electrons. The Bertz CT molecular complexity index is 431. The largest absolute Gasteiger partial charge is 0.511 e. The van der Waals surface area contributed by atoms with Gasteiger partial charge in [-0.25, -0.2) is 0 Å². The maximum absolute atomic E-state index is 12.0. The minimum Gasteiger partial charge on any atom is -0.511 e. The van der Waals surface area contributed by atoms with Gasteiger partial charge in [0.1, 0.15) is 5.76 Å². The molecule has 0 fully saturated rings. The van der Waals surface area contributed by atoms with E-state index >= 15 is 0 Å². The number of aliphatic hydroxyl groups excluding tert-OH is 1.